The summed E-state index contributed by atoms with van der Waals surface area (Å²) in [5.74, 6) is -0.263. The highest BCUT2D eigenvalue weighted by atomic mass is 19.3. The smallest absolute Gasteiger partial charge is 0.314 e. The van der Waals surface area contributed by atoms with Gasteiger partial charge in [0.25, 0.3) is 11.8 Å². The van der Waals surface area contributed by atoms with Crippen molar-refractivity contribution in [3.05, 3.63) is 53.7 Å². The van der Waals surface area contributed by atoms with Crippen LogP contribution < -0.4 is 5.32 Å². The molecule has 1 N–H and O–H groups in total. The largest absolute Gasteiger partial charge is 0.415 e. The van der Waals surface area contributed by atoms with Crippen LogP contribution in [0.25, 0.3) is 11.5 Å². The van der Waals surface area contributed by atoms with Crippen LogP contribution in [0.3, 0.4) is 0 Å². The Balaban J connectivity index is 1.54. The van der Waals surface area contributed by atoms with Crippen LogP contribution in [0.1, 0.15) is 42.7 Å². The average Bonchev–Trinajstić information content (AvgIpc) is 3.10. The number of nitrogens with zero attached hydrogens (tertiary/aromatic N) is 4. The second kappa shape index (κ2) is 6.44. The number of halogens is 2. The highest BCUT2D eigenvalue weighted by molar-refractivity contribution is 5.51. The Kier molecular flexibility index (Phi) is 4.10. The summed E-state index contributed by atoms with van der Waals surface area (Å²) in [6, 6.07) is 8.44. The van der Waals surface area contributed by atoms with Gasteiger partial charge in [0.15, 0.2) is 0 Å². The molecule has 26 heavy (non-hydrogen) atoms. The molecular weight excluding hydrogens is 340 g/mol. The molecule has 0 unspecified atom stereocenters. The zero-order chi connectivity index (χ0) is 18.1. The molecule has 134 valence electrons. The Morgan fingerprint density at radius 1 is 1.08 bits per heavy atom. The normalized spacial score (nSPS) is 15.7. The van der Waals surface area contributed by atoms with Gasteiger partial charge in [0.2, 0.25) is 5.95 Å². The van der Waals surface area contributed by atoms with Gasteiger partial charge < -0.3 is 9.73 Å². The molecule has 3 aromatic rings. The van der Waals surface area contributed by atoms with Crippen LogP contribution in [0.5, 0.6) is 0 Å². The molecule has 1 aromatic carbocycles. The third-order valence-electron chi connectivity index (χ3n) is 4.69. The lowest BCUT2D eigenvalue weighted by Crippen LogP contribution is -2.42. The maximum absolute atomic E-state index is 12.5. The molecule has 0 atom stereocenters. The summed E-state index contributed by atoms with van der Waals surface area (Å²) >= 11 is 0. The number of hydrogen-bond acceptors (Lipinski definition) is 6. The summed E-state index contributed by atoms with van der Waals surface area (Å²) in [4.78, 5) is 8.56. The summed E-state index contributed by atoms with van der Waals surface area (Å²) in [6.07, 6.45) is 3.31. The maximum Gasteiger partial charge on any atom is 0.314 e. The first-order valence-corrected chi connectivity index (χ1v) is 8.35. The Morgan fingerprint density at radius 3 is 2.31 bits per heavy atom. The van der Waals surface area contributed by atoms with Crippen molar-refractivity contribution in [2.45, 2.75) is 38.2 Å². The van der Waals surface area contributed by atoms with E-state index in [9.17, 15) is 8.78 Å². The molecule has 8 heteroatoms. The molecule has 0 amide bonds. The van der Waals surface area contributed by atoms with E-state index in [0.717, 1.165) is 19.3 Å². The Hall–Kier alpha value is -2.90. The quantitative estimate of drug-likeness (QED) is 0.735. The molecule has 4 rings (SSSR count). The third-order valence-corrected chi connectivity index (χ3v) is 4.69. The molecule has 0 saturated heterocycles. The molecule has 6 nitrogen and oxygen atoms in total. The summed E-state index contributed by atoms with van der Waals surface area (Å²) in [7, 11) is 0. The molecule has 1 aliphatic carbocycles. The van der Waals surface area contributed by atoms with Gasteiger partial charge in [0.05, 0.1) is 11.1 Å². The standard InChI is InChI=1S/C18H17F2N5O/c1-11-3-5-13(6-4-11)18(7-2-8-18)23-17-21-9-12(10-22-17)15-24-25-16(26-15)14(19)20/h3-6,9-10,14H,2,7-8H2,1H3,(H,21,22,23). The van der Waals surface area contributed by atoms with E-state index in [1.54, 1.807) is 0 Å². The molecule has 2 heterocycles. The van der Waals surface area contributed by atoms with Gasteiger partial charge in [-0.05, 0) is 31.7 Å². The minimum absolute atomic E-state index is 0.0243. The minimum Gasteiger partial charge on any atom is -0.415 e. The first-order valence-electron chi connectivity index (χ1n) is 8.35. The number of alkyl halides is 2. The number of benzene rings is 1. The lowest BCUT2D eigenvalue weighted by Gasteiger charge is -2.43. The monoisotopic (exact) mass is 357 g/mol. The van der Waals surface area contributed by atoms with E-state index in [1.807, 2.05) is 0 Å². The van der Waals surface area contributed by atoms with Crippen LogP contribution >= 0.6 is 0 Å². The zero-order valence-electron chi connectivity index (χ0n) is 14.1. The van der Waals surface area contributed by atoms with Crippen molar-refractivity contribution in [3.8, 4) is 11.5 Å². The molecule has 1 saturated carbocycles. The fourth-order valence-corrected chi connectivity index (χ4v) is 3.05. The van der Waals surface area contributed by atoms with Crippen LogP contribution in [-0.2, 0) is 5.54 Å². The molecular formula is C18H17F2N5O. The predicted octanol–water partition coefficient (Wildman–Crippen LogP) is 4.26. The van der Waals surface area contributed by atoms with Crippen molar-refractivity contribution in [3.63, 3.8) is 0 Å². The molecule has 0 spiro atoms. The Bertz CT molecular complexity index is 889. The first kappa shape index (κ1) is 16.6. The summed E-state index contributed by atoms with van der Waals surface area (Å²) in [5.41, 5.74) is 2.66. The SMILES string of the molecule is Cc1ccc(C2(Nc3ncc(-c4nnc(C(F)F)o4)cn3)CCC2)cc1. The highest BCUT2D eigenvalue weighted by Gasteiger charge is 2.39. The third kappa shape index (κ3) is 3.02. The second-order valence-electron chi connectivity index (χ2n) is 6.47. The van der Waals surface area contributed by atoms with Crippen LogP contribution in [0, 0.1) is 6.92 Å². The van der Waals surface area contributed by atoms with Gasteiger partial charge in [-0.25, -0.2) is 9.97 Å². The second-order valence-corrected chi connectivity index (χ2v) is 6.47. The van der Waals surface area contributed by atoms with Crippen LogP contribution in [0.4, 0.5) is 14.7 Å². The van der Waals surface area contributed by atoms with Gasteiger partial charge >= 0.3 is 6.43 Å². The van der Waals surface area contributed by atoms with Gasteiger partial charge in [0, 0.05) is 12.4 Å². The van der Waals surface area contributed by atoms with Crippen molar-refractivity contribution in [2.24, 2.45) is 0 Å². The topological polar surface area (TPSA) is 76.7 Å². The lowest BCUT2D eigenvalue weighted by atomic mass is 9.72. The van der Waals surface area contributed by atoms with E-state index in [1.165, 1.54) is 23.5 Å². The van der Waals surface area contributed by atoms with Crippen molar-refractivity contribution in [2.75, 3.05) is 5.32 Å². The van der Waals surface area contributed by atoms with Crippen LogP contribution in [0.2, 0.25) is 0 Å². The number of anilines is 1. The number of aromatic nitrogens is 4. The van der Waals surface area contributed by atoms with Gasteiger partial charge in [0.1, 0.15) is 0 Å². The lowest BCUT2D eigenvalue weighted by molar-refractivity contribution is 0.116. The van der Waals surface area contributed by atoms with Crippen molar-refractivity contribution >= 4 is 5.95 Å². The van der Waals surface area contributed by atoms with Crippen LogP contribution in [0.15, 0.2) is 41.1 Å². The fourth-order valence-electron chi connectivity index (χ4n) is 3.05. The molecule has 1 fully saturated rings. The first-order chi connectivity index (χ1) is 12.6. The summed E-state index contributed by atoms with van der Waals surface area (Å²) in [5, 5.41) is 10.3. The van der Waals surface area contributed by atoms with Crippen molar-refractivity contribution < 1.29 is 13.2 Å². The van der Waals surface area contributed by atoms with Crippen LogP contribution in [-0.4, -0.2) is 20.2 Å². The molecule has 0 bridgehead atoms. The number of aryl methyl sites for hydroxylation is 1. The zero-order valence-corrected chi connectivity index (χ0v) is 14.1. The average molecular weight is 357 g/mol. The van der Waals surface area contributed by atoms with Gasteiger partial charge in [-0.3, -0.25) is 0 Å². The summed E-state index contributed by atoms with van der Waals surface area (Å²) < 4.78 is 30.0. The number of nitrogens with one attached hydrogen (secondary N) is 1. The van der Waals surface area contributed by atoms with E-state index < -0.39 is 12.3 Å². The van der Waals surface area contributed by atoms with E-state index in [4.69, 9.17) is 4.42 Å². The van der Waals surface area contributed by atoms with Gasteiger partial charge in [-0.2, -0.15) is 8.78 Å². The number of rotatable bonds is 5. The summed E-state index contributed by atoms with van der Waals surface area (Å²) in [6.45, 7) is 2.06. The Morgan fingerprint density at radius 2 is 1.77 bits per heavy atom. The minimum atomic E-state index is -2.80. The van der Waals surface area contributed by atoms with E-state index >= 15 is 0 Å². The van der Waals surface area contributed by atoms with Crippen molar-refractivity contribution in [1.82, 2.24) is 20.2 Å². The fraction of sp³-hybridized carbons (Fsp3) is 0.333. The molecule has 0 aliphatic heterocycles. The highest BCUT2D eigenvalue weighted by Crippen LogP contribution is 2.43. The van der Waals surface area contributed by atoms with E-state index in [-0.39, 0.29) is 11.4 Å². The Labute approximate surface area is 148 Å². The molecule has 1 aliphatic rings. The predicted molar refractivity (Wildman–Crippen MR) is 90.6 cm³/mol. The van der Waals surface area contributed by atoms with E-state index in [2.05, 4.69) is 56.7 Å². The van der Waals surface area contributed by atoms with Gasteiger partial charge in [-0.15, -0.1) is 10.2 Å². The molecule has 0 radical (unpaired) electrons. The number of hydrogen-bond donors (Lipinski definition) is 1. The van der Waals surface area contributed by atoms with Crippen molar-refractivity contribution in [1.29, 1.82) is 0 Å². The maximum atomic E-state index is 12.5. The van der Waals surface area contributed by atoms with Gasteiger partial charge in [-0.1, -0.05) is 29.8 Å². The van der Waals surface area contributed by atoms with E-state index in [0.29, 0.717) is 11.5 Å². The molecule has 2 aromatic heterocycles.